The van der Waals surface area contributed by atoms with Crippen LogP contribution in [0.15, 0.2) is 243 Å². The quantitative estimate of drug-likeness (QED) is 0.152. The molecule has 12 aromatic carbocycles. The number of pyridine rings is 2. The van der Waals surface area contributed by atoms with E-state index < -0.39 is 0 Å². The summed E-state index contributed by atoms with van der Waals surface area (Å²) in [6.45, 7) is 0. The maximum absolute atomic E-state index is 5.31. The third kappa shape index (κ3) is 6.60. The highest BCUT2D eigenvalue weighted by Crippen LogP contribution is 2.54. The minimum atomic E-state index is 0.513. The van der Waals surface area contributed by atoms with Crippen LogP contribution in [0.2, 0.25) is 0 Å². The molecule has 4 aromatic heterocycles. The number of fused-ring (bicyclic) bond motifs is 14. The lowest BCUT2D eigenvalue weighted by atomic mass is 9.91. The fraction of sp³-hybridized carbons (Fsp3) is 0. The summed E-state index contributed by atoms with van der Waals surface area (Å²) < 4.78 is 0. The topological polar surface area (TPSA) is 103 Å². The van der Waals surface area contributed by atoms with E-state index in [1.807, 2.05) is 30.3 Å². The zero-order chi connectivity index (χ0) is 53.6. The molecule has 8 heteroatoms. The van der Waals surface area contributed by atoms with Gasteiger partial charge >= 0.3 is 0 Å². The van der Waals surface area contributed by atoms with Gasteiger partial charge in [-0.25, -0.2) is 34.9 Å². The van der Waals surface area contributed by atoms with Gasteiger partial charge in [-0.15, -0.1) is 0 Å². The first-order valence-corrected chi connectivity index (χ1v) is 27.5. The third-order valence-electron chi connectivity index (χ3n) is 17.0. The molecule has 0 unspecified atom stereocenters. The molecule has 0 spiro atoms. The summed E-state index contributed by atoms with van der Waals surface area (Å²) in [5.74, 6) is 3.02. The van der Waals surface area contributed by atoms with Crippen molar-refractivity contribution in [2.45, 2.75) is 0 Å². The Kier molecular flexibility index (Phi) is 9.35. The molecule has 376 valence electrons. The van der Waals surface area contributed by atoms with Crippen molar-refractivity contribution in [1.29, 1.82) is 0 Å². The van der Waals surface area contributed by atoms with Crippen LogP contribution in [0.25, 0.3) is 188 Å². The first-order valence-electron chi connectivity index (χ1n) is 27.5. The van der Waals surface area contributed by atoms with Crippen LogP contribution in [0.4, 0.5) is 0 Å². The number of benzene rings is 12. The van der Waals surface area contributed by atoms with Gasteiger partial charge in [-0.2, -0.15) is 0 Å². The lowest BCUT2D eigenvalue weighted by molar-refractivity contribution is 1.06. The molecule has 82 heavy (non-hydrogen) atoms. The Morgan fingerprint density at radius 1 is 0.232 bits per heavy atom. The van der Waals surface area contributed by atoms with Crippen molar-refractivity contribution in [3.05, 3.63) is 243 Å². The molecule has 0 amide bonds. The third-order valence-corrected chi connectivity index (χ3v) is 17.0. The first kappa shape index (κ1) is 44.7. The first-order chi connectivity index (χ1) is 40.6. The van der Waals surface area contributed by atoms with E-state index in [1.165, 1.54) is 82.4 Å². The summed E-state index contributed by atoms with van der Waals surface area (Å²) in [6.07, 6.45) is 3.39. The number of nitrogens with zero attached hydrogens (tertiary/aromatic N) is 8. The normalized spacial score (nSPS) is 12.1. The molecule has 0 fully saturated rings. The van der Waals surface area contributed by atoms with Crippen molar-refractivity contribution < 1.29 is 0 Å². The van der Waals surface area contributed by atoms with Gasteiger partial charge in [-0.3, -0.25) is 4.98 Å². The molecule has 4 heterocycles. The smallest absolute Gasteiger partial charge is 0.181 e. The Hall–Kier alpha value is -11.2. The molecule has 18 rings (SSSR count). The van der Waals surface area contributed by atoms with Crippen molar-refractivity contribution in [1.82, 2.24) is 39.9 Å². The van der Waals surface area contributed by atoms with Gasteiger partial charge in [0.25, 0.3) is 0 Å². The van der Waals surface area contributed by atoms with Gasteiger partial charge in [0.1, 0.15) is 12.0 Å². The molecule has 16 aromatic rings. The molecule has 2 aliphatic rings. The van der Waals surface area contributed by atoms with E-state index in [0.29, 0.717) is 34.8 Å². The van der Waals surface area contributed by atoms with Crippen LogP contribution in [0.3, 0.4) is 0 Å². The summed E-state index contributed by atoms with van der Waals surface area (Å²) in [5, 5.41) is 13.8. The summed E-state index contributed by atoms with van der Waals surface area (Å²) in [5.41, 5.74) is 18.3. The number of hydrogen-bond donors (Lipinski definition) is 0. The molecule has 0 N–H and O–H groups in total. The lowest BCUT2D eigenvalue weighted by Crippen LogP contribution is -2.00. The summed E-state index contributed by atoms with van der Waals surface area (Å²) >= 11 is 0. The molecule has 2 aliphatic carbocycles. The Balaban J connectivity index is 0.703. The van der Waals surface area contributed by atoms with Crippen molar-refractivity contribution >= 4 is 75.7 Å². The van der Waals surface area contributed by atoms with Gasteiger partial charge in [-0.05, 0) is 146 Å². The van der Waals surface area contributed by atoms with E-state index in [2.05, 4.69) is 210 Å². The van der Waals surface area contributed by atoms with E-state index in [1.54, 1.807) is 12.5 Å². The van der Waals surface area contributed by atoms with E-state index >= 15 is 0 Å². The number of aromatic nitrogens is 8. The Labute approximate surface area is 468 Å². The number of rotatable bonds is 6. The maximum Gasteiger partial charge on any atom is 0.181 e. The minimum Gasteiger partial charge on any atom is -0.254 e. The summed E-state index contributed by atoms with van der Waals surface area (Å²) in [4.78, 5) is 39.8. The Morgan fingerprint density at radius 2 is 0.768 bits per heavy atom. The highest BCUT2D eigenvalue weighted by Gasteiger charge is 2.28. The van der Waals surface area contributed by atoms with Gasteiger partial charge in [0.15, 0.2) is 29.1 Å². The summed E-state index contributed by atoms with van der Waals surface area (Å²) in [7, 11) is 0. The van der Waals surface area contributed by atoms with Gasteiger partial charge in [0.05, 0.1) is 11.0 Å². The van der Waals surface area contributed by atoms with Gasteiger partial charge in [-0.1, -0.05) is 194 Å². The molecular weight excluding hydrogens is 1000 g/mol. The standard InChI is InChI=1S/C74H40N8/c1-2-11-44(12-3-1)70-79-71(81-73(80-70)60-35-33-57-55-29-27-41-10-4-5-14-50(41)64(55)61-19-8-18-54(60)67(57)61)48-26-24-45-38-47(25-23-46(45)39-48)49-15-6-16-52-51(49)30-31-56-58-32-34-59(53-17-7-20-62(65(52)56)66(53)58)72-76-40-77-74(82-72)63-36-28-43-22-21-42-13-9-37-75-68(42)69(43)78-63/h1-40H. The average molecular weight is 1040 g/mol. The molecule has 0 saturated heterocycles. The second-order valence-corrected chi connectivity index (χ2v) is 21.4. The van der Waals surface area contributed by atoms with Gasteiger partial charge in [0.2, 0.25) is 0 Å². The second kappa shape index (κ2) is 17.1. The second-order valence-electron chi connectivity index (χ2n) is 21.4. The highest BCUT2D eigenvalue weighted by atomic mass is 15.0. The number of hydrogen-bond acceptors (Lipinski definition) is 8. The van der Waals surface area contributed by atoms with E-state index in [4.69, 9.17) is 29.9 Å². The average Bonchev–Trinajstić information content (AvgIpc) is 2.99. The van der Waals surface area contributed by atoms with Crippen molar-refractivity contribution in [3.63, 3.8) is 0 Å². The van der Waals surface area contributed by atoms with Crippen LogP contribution >= 0.6 is 0 Å². The SMILES string of the molecule is c1ccc(-c2nc(-c3ccc4cc(-c5cccc6c7c(ccc56)-c5ccc(-c6ncnc(-c8ccc9ccc%10cccnc%10c9n8)n6)c6cccc-7c56)ccc4c3)nc(-c3ccc4c5c(cccc35)-c3c-4ccc4ccccc34)n2)cc1. The monoisotopic (exact) mass is 1040 g/mol. The van der Waals surface area contributed by atoms with Crippen LogP contribution in [0.1, 0.15) is 0 Å². The lowest BCUT2D eigenvalue weighted by Gasteiger charge is -2.13. The molecular formula is C74H40N8. The maximum atomic E-state index is 5.31. The van der Waals surface area contributed by atoms with E-state index in [9.17, 15) is 0 Å². The molecule has 0 radical (unpaired) electrons. The predicted molar refractivity (Wildman–Crippen MR) is 333 cm³/mol. The van der Waals surface area contributed by atoms with Crippen LogP contribution in [-0.4, -0.2) is 39.9 Å². The van der Waals surface area contributed by atoms with Crippen LogP contribution < -0.4 is 0 Å². The molecule has 0 saturated carbocycles. The summed E-state index contributed by atoms with van der Waals surface area (Å²) in [6, 6.07) is 82.2. The van der Waals surface area contributed by atoms with Crippen molar-refractivity contribution in [2.75, 3.05) is 0 Å². The Bertz CT molecular complexity index is 5480. The van der Waals surface area contributed by atoms with Gasteiger partial charge in [0, 0.05) is 39.2 Å². The van der Waals surface area contributed by atoms with Crippen LogP contribution in [0.5, 0.6) is 0 Å². The minimum absolute atomic E-state index is 0.513. The van der Waals surface area contributed by atoms with Crippen molar-refractivity contribution in [3.8, 4) is 113 Å². The van der Waals surface area contributed by atoms with Crippen LogP contribution in [-0.2, 0) is 0 Å². The van der Waals surface area contributed by atoms with E-state index in [-0.39, 0.29) is 0 Å². The zero-order valence-corrected chi connectivity index (χ0v) is 43.7. The van der Waals surface area contributed by atoms with Gasteiger partial charge < -0.3 is 0 Å². The van der Waals surface area contributed by atoms with Crippen LogP contribution in [0, 0.1) is 0 Å². The molecule has 8 nitrogen and oxygen atoms in total. The predicted octanol–water partition coefficient (Wildman–Crippen LogP) is 18.2. The van der Waals surface area contributed by atoms with E-state index in [0.717, 1.165) is 71.2 Å². The highest BCUT2D eigenvalue weighted by molar-refractivity contribution is 6.25. The zero-order valence-electron chi connectivity index (χ0n) is 43.7. The Morgan fingerprint density at radius 3 is 1.56 bits per heavy atom. The largest absolute Gasteiger partial charge is 0.254 e. The molecule has 0 atom stereocenters. The fourth-order valence-corrected chi connectivity index (χ4v) is 13.3. The molecule has 0 aliphatic heterocycles. The van der Waals surface area contributed by atoms with Crippen molar-refractivity contribution in [2.24, 2.45) is 0 Å². The fourth-order valence-electron chi connectivity index (χ4n) is 13.3. The molecule has 0 bridgehead atoms.